The van der Waals surface area contributed by atoms with E-state index in [9.17, 15) is 18.0 Å². The number of anilines is 3. The molecule has 0 unspecified atom stereocenters. The maximum atomic E-state index is 12.5. The van der Waals surface area contributed by atoms with Crippen LogP contribution in [0.4, 0.5) is 35.3 Å². The first-order valence-corrected chi connectivity index (χ1v) is 11.9. The minimum Gasteiger partial charge on any atom is -0.355 e. The van der Waals surface area contributed by atoms with Crippen molar-refractivity contribution in [1.82, 2.24) is 15.1 Å². The van der Waals surface area contributed by atoms with Gasteiger partial charge in [-0.1, -0.05) is 12.8 Å². The van der Waals surface area contributed by atoms with Gasteiger partial charge in [0.25, 0.3) is 0 Å². The van der Waals surface area contributed by atoms with Gasteiger partial charge in [-0.3, -0.25) is 0 Å². The number of aromatic nitrogens is 2. The van der Waals surface area contributed by atoms with Gasteiger partial charge in [0.05, 0.1) is 0 Å². The maximum Gasteiger partial charge on any atom is 0.446 e. The topological polar surface area (TPSA) is 64.6 Å². The predicted octanol–water partition coefficient (Wildman–Crippen LogP) is 4.82. The molecule has 11 heteroatoms. The molecule has 4 rings (SSSR count). The quantitative estimate of drug-likeness (QED) is 0.633. The second-order valence-corrected chi connectivity index (χ2v) is 9.27. The molecule has 0 atom stereocenters. The minimum atomic E-state index is -4.33. The molecule has 1 N–H and O–H groups in total. The van der Waals surface area contributed by atoms with Gasteiger partial charge in [-0.15, -0.1) is 10.2 Å². The molecule has 2 aromatic rings. The third-order valence-corrected chi connectivity index (χ3v) is 6.54. The molecule has 33 heavy (non-hydrogen) atoms. The molecule has 1 aromatic heterocycles. The van der Waals surface area contributed by atoms with Crippen molar-refractivity contribution in [2.45, 2.75) is 36.1 Å². The van der Waals surface area contributed by atoms with Gasteiger partial charge in [-0.05, 0) is 61.0 Å². The van der Waals surface area contributed by atoms with Crippen LogP contribution in [0.25, 0.3) is 0 Å². The number of amides is 2. The summed E-state index contributed by atoms with van der Waals surface area (Å²) < 4.78 is 37.3. The average molecular weight is 481 g/mol. The Bertz CT molecular complexity index is 909. The lowest BCUT2D eigenvalue weighted by atomic mass is 10.2. The minimum absolute atomic E-state index is 0.0806. The van der Waals surface area contributed by atoms with E-state index in [4.69, 9.17) is 0 Å². The molecule has 2 saturated heterocycles. The molecule has 0 aliphatic carbocycles. The normalized spacial score (nSPS) is 17.6. The molecule has 0 saturated carbocycles. The van der Waals surface area contributed by atoms with Gasteiger partial charge >= 0.3 is 11.5 Å². The van der Waals surface area contributed by atoms with Crippen LogP contribution in [0, 0.1) is 0 Å². The molecule has 0 spiro atoms. The van der Waals surface area contributed by atoms with Crippen LogP contribution in [0.3, 0.4) is 0 Å². The number of thioether (sulfide) groups is 1. The van der Waals surface area contributed by atoms with Crippen LogP contribution in [0.2, 0.25) is 0 Å². The number of alkyl halides is 3. The summed E-state index contributed by atoms with van der Waals surface area (Å²) in [5.74, 6) is 1.71. The second-order valence-electron chi connectivity index (χ2n) is 8.13. The monoisotopic (exact) mass is 480 g/mol. The highest BCUT2D eigenvalue weighted by Gasteiger charge is 2.29. The Morgan fingerprint density at radius 3 is 1.85 bits per heavy atom. The average Bonchev–Trinajstić information content (AvgIpc) is 3.09. The van der Waals surface area contributed by atoms with Gasteiger partial charge in [0.1, 0.15) is 0 Å². The second kappa shape index (κ2) is 10.5. The highest BCUT2D eigenvalue weighted by molar-refractivity contribution is 8.00. The van der Waals surface area contributed by atoms with Crippen molar-refractivity contribution in [3.8, 4) is 0 Å². The van der Waals surface area contributed by atoms with E-state index >= 15 is 0 Å². The molecule has 3 heterocycles. The number of carbonyl (C=O) groups is 1. The van der Waals surface area contributed by atoms with Crippen LogP contribution < -0.4 is 15.1 Å². The van der Waals surface area contributed by atoms with Crippen molar-refractivity contribution < 1.29 is 18.0 Å². The highest BCUT2D eigenvalue weighted by Crippen LogP contribution is 2.37. The van der Waals surface area contributed by atoms with Crippen molar-refractivity contribution in [2.75, 3.05) is 54.4 Å². The van der Waals surface area contributed by atoms with Crippen molar-refractivity contribution in [3.05, 3.63) is 36.4 Å². The van der Waals surface area contributed by atoms with Crippen LogP contribution in [-0.4, -0.2) is 65.9 Å². The zero-order chi connectivity index (χ0) is 23.3. The summed E-state index contributed by atoms with van der Waals surface area (Å²) >= 11 is -0.178. The van der Waals surface area contributed by atoms with Gasteiger partial charge in [0.2, 0.25) is 0 Å². The first kappa shape index (κ1) is 23.5. The van der Waals surface area contributed by atoms with Gasteiger partial charge in [0, 0.05) is 49.9 Å². The van der Waals surface area contributed by atoms with Crippen molar-refractivity contribution >= 4 is 35.1 Å². The fourth-order valence-corrected chi connectivity index (χ4v) is 4.58. The fourth-order valence-electron chi connectivity index (χ4n) is 4.04. The Morgan fingerprint density at radius 1 is 0.788 bits per heavy atom. The lowest BCUT2D eigenvalue weighted by Gasteiger charge is -2.35. The lowest BCUT2D eigenvalue weighted by Crippen LogP contribution is -2.50. The Hall–Kier alpha value is -2.69. The van der Waals surface area contributed by atoms with Crippen LogP contribution in [0.1, 0.15) is 25.7 Å². The number of nitrogens with one attached hydrogen (secondary N) is 1. The van der Waals surface area contributed by atoms with E-state index in [1.54, 1.807) is 4.90 Å². The summed E-state index contributed by atoms with van der Waals surface area (Å²) in [7, 11) is 0. The van der Waals surface area contributed by atoms with E-state index in [0.717, 1.165) is 24.7 Å². The Balaban J connectivity index is 1.26. The molecule has 2 amide bonds. The number of hydrogen-bond acceptors (Lipinski definition) is 6. The van der Waals surface area contributed by atoms with Gasteiger partial charge < -0.3 is 20.0 Å². The standard InChI is InChI=1S/C22H27F3N6OS/c23-22(24,25)33-18-7-5-17(6-8-18)26-21(32)31-15-13-30(14-16-31)20-10-9-19(27-28-20)29-11-3-1-2-4-12-29/h5-10H,1-4,11-16H2,(H,26,32). The number of carbonyl (C=O) groups excluding carboxylic acids is 1. The summed E-state index contributed by atoms with van der Waals surface area (Å²) in [6.07, 6.45) is 4.90. The lowest BCUT2D eigenvalue weighted by molar-refractivity contribution is -0.0328. The third kappa shape index (κ3) is 6.66. The zero-order valence-electron chi connectivity index (χ0n) is 18.2. The number of piperazine rings is 1. The van der Waals surface area contributed by atoms with Crippen LogP contribution in [0.15, 0.2) is 41.3 Å². The molecule has 1 aromatic carbocycles. The summed E-state index contributed by atoms with van der Waals surface area (Å²) in [4.78, 5) is 18.7. The smallest absolute Gasteiger partial charge is 0.355 e. The van der Waals surface area contributed by atoms with Crippen molar-refractivity contribution in [3.63, 3.8) is 0 Å². The summed E-state index contributed by atoms with van der Waals surface area (Å²) in [5.41, 5.74) is -3.87. The van der Waals surface area contributed by atoms with Crippen LogP contribution in [0.5, 0.6) is 0 Å². The summed E-state index contributed by atoms with van der Waals surface area (Å²) in [5, 5.41) is 11.6. The molecule has 178 valence electrons. The zero-order valence-corrected chi connectivity index (χ0v) is 19.0. The number of hydrogen-bond donors (Lipinski definition) is 1. The first-order valence-electron chi connectivity index (χ1n) is 11.1. The van der Waals surface area contributed by atoms with E-state index in [1.165, 1.54) is 49.9 Å². The number of benzene rings is 1. The number of rotatable bonds is 4. The molecule has 7 nitrogen and oxygen atoms in total. The van der Waals surface area contributed by atoms with E-state index in [0.29, 0.717) is 31.9 Å². The van der Waals surface area contributed by atoms with E-state index in [-0.39, 0.29) is 22.7 Å². The van der Waals surface area contributed by atoms with E-state index < -0.39 is 5.51 Å². The summed E-state index contributed by atoms with van der Waals surface area (Å²) in [6, 6.07) is 9.39. The first-order chi connectivity index (χ1) is 15.9. The Kier molecular flexibility index (Phi) is 7.46. The number of nitrogens with zero attached hydrogens (tertiary/aromatic N) is 5. The Morgan fingerprint density at radius 2 is 1.33 bits per heavy atom. The highest BCUT2D eigenvalue weighted by atomic mass is 32.2. The molecule has 0 bridgehead atoms. The van der Waals surface area contributed by atoms with Gasteiger partial charge in [0.15, 0.2) is 11.6 Å². The molecule has 2 aliphatic heterocycles. The van der Waals surface area contributed by atoms with E-state index in [2.05, 4.69) is 25.3 Å². The van der Waals surface area contributed by atoms with E-state index in [1.807, 2.05) is 12.1 Å². The largest absolute Gasteiger partial charge is 0.446 e. The fraction of sp³-hybridized carbons (Fsp3) is 0.500. The van der Waals surface area contributed by atoms with Gasteiger partial charge in [-0.2, -0.15) is 13.2 Å². The SMILES string of the molecule is O=C(Nc1ccc(SC(F)(F)F)cc1)N1CCN(c2ccc(N3CCCCCC3)nn2)CC1. The molecule has 0 radical (unpaired) electrons. The number of urea groups is 1. The molecule has 2 fully saturated rings. The third-order valence-electron chi connectivity index (χ3n) is 5.80. The number of halogens is 3. The maximum absolute atomic E-state index is 12.5. The molecule has 2 aliphatic rings. The van der Waals surface area contributed by atoms with Gasteiger partial charge in [-0.25, -0.2) is 4.79 Å². The summed E-state index contributed by atoms with van der Waals surface area (Å²) in [6.45, 7) is 4.34. The molecular formula is C22H27F3N6OS. The van der Waals surface area contributed by atoms with Crippen LogP contribution >= 0.6 is 11.8 Å². The van der Waals surface area contributed by atoms with Crippen molar-refractivity contribution in [2.24, 2.45) is 0 Å². The van der Waals surface area contributed by atoms with Crippen LogP contribution in [-0.2, 0) is 0 Å². The predicted molar refractivity (Wildman–Crippen MR) is 124 cm³/mol. The molecular weight excluding hydrogens is 453 g/mol. The Labute approximate surface area is 195 Å². The van der Waals surface area contributed by atoms with Crippen molar-refractivity contribution in [1.29, 1.82) is 0 Å².